The van der Waals surface area contributed by atoms with Crippen molar-refractivity contribution in [3.63, 3.8) is 0 Å². The molecule has 2 bridgehead atoms. The number of nitrogens with zero attached hydrogens (tertiary/aromatic N) is 4. The van der Waals surface area contributed by atoms with Crippen LogP contribution in [0.25, 0.3) is 0 Å². The molecule has 4 fully saturated rings. The molecule has 1 aromatic heterocycles. The predicted molar refractivity (Wildman–Crippen MR) is 134 cm³/mol. The molecule has 0 unspecified atom stereocenters. The van der Waals surface area contributed by atoms with E-state index in [0.717, 1.165) is 49.1 Å². The summed E-state index contributed by atoms with van der Waals surface area (Å²) in [5.74, 6) is 1.04. The second kappa shape index (κ2) is 9.04. The smallest absolute Gasteiger partial charge is 0.410 e. The number of hydrogen-bond donors (Lipinski definition) is 0. The Bertz CT molecular complexity index is 1150. The van der Waals surface area contributed by atoms with Gasteiger partial charge in [0, 0.05) is 31.6 Å². The highest BCUT2D eigenvalue weighted by atomic mass is 16.7. The molecule has 4 heterocycles. The Labute approximate surface area is 217 Å². The molecule has 198 valence electrons. The van der Waals surface area contributed by atoms with Crippen molar-refractivity contribution in [2.45, 2.75) is 83.1 Å². The molecule has 3 aliphatic heterocycles. The molecule has 3 saturated heterocycles. The van der Waals surface area contributed by atoms with Crippen LogP contribution in [-0.4, -0.2) is 63.4 Å². The zero-order valence-corrected chi connectivity index (χ0v) is 21.9. The first-order valence-corrected chi connectivity index (χ1v) is 13.4. The van der Waals surface area contributed by atoms with Gasteiger partial charge in [-0.1, -0.05) is 35.5 Å². The Morgan fingerprint density at radius 1 is 1.16 bits per heavy atom. The molecule has 4 aliphatic rings. The molecule has 2 atom stereocenters. The maximum atomic E-state index is 13.4. The van der Waals surface area contributed by atoms with E-state index in [9.17, 15) is 9.59 Å². The number of ether oxygens (including phenoxy) is 1. The number of fused-ring (bicyclic) bond motifs is 3. The lowest BCUT2D eigenvalue weighted by Gasteiger charge is -2.35. The number of amides is 3. The van der Waals surface area contributed by atoms with E-state index in [1.54, 1.807) is 9.96 Å². The van der Waals surface area contributed by atoms with Crippen molar-refractivity contribution in [1.29, 1.82) is 0 Å². The molecule has 3 amide bonds. The minimum atomic E-state index is -0.499. The quantitative estimate of drug-likeness (QED) is 0.548. The van der Waals surface area contributed by atoms with Crippen LogP contribution in [0, 0.1) is 5.41 Å². The van der Waals surface area contributed by atoms with E-state index in [1.165, 1.54) is 0 Å². The largest absolute Gasteiger partial charge is 0.444 e. The first-order valence-electron chi connectivity index (χ1n) is 13.4. The van der Waals surface area contributed by atoms with Crippen LogP contribution in [0.5, 0.6) is 0 Å². The molecule has 6 rings (SSSR count). The number of aromatic nitrogens is 1. The molecule has 2 aromatic rings. The first kappa shape index (κ1) is 24.3. The molecule has 1 spiro atoms. The number of benzene rings is 1. The fourth-order valence-electron chi connectivity index (χ4n) is 6.08. The average Bonchev–Trinajstić information content (AvgIpc) is 3.35. The van der Waals surface area contributed by atoms with Gasteiger partial charge in [0.25, 0.3) is 0 Å². The van der Waals surface area contributed by atoms with Gasteiger partial charge in [-0.2, -0.15) is 5.06 Å². The lowest BCUT2D eigenvalue weighted by Crippen LogP contribution is -2.42. The summed E-state index contributed by atoms with van der Waals surface area (Å²) in [6.45, 7) is 7.94. The van der Waals surface area contributed by atoms with Crippen molar-refractivity contribution >= 4 is 12.1 Å². The van der Waals surface area contributed by atoms with Crippen LogP contribution in [0.2, 0.25) is 0 Å². The SMILES string of the molecule is CC(C)(C)OC(=O)N1CCC(c2cc([C@@H]3CC4(CC4)[C@@H]4CN3C(=O)N4OCc3ccccc3)no2)CC1. The van der Waals surface area contributed by atoms with Gasteiger partial charge in [0.1, 0.15) is 23.7 Å². The van der Waals surface area contributed by atoms with Gasteiger partial charge in [-0.3, -0.25) is 4.84 Å². The Morgan fingerprint density at radius 2 is 1.89 bits per heavy atom. The van der Waals surface area contributed by atoms with E-state index >= 15 is 0 Å². The van der Waals surface area contributed by atoms with Crippen LogP contribution >= 0.6 is 0 Å². The highest BCUT2D eigenvalue weighted by Crippen LogP contribution is 2.61. The van der Waals surface area contributed by atoms with Crippen LogP contribution in [0.3, 0.4) is 0 Å². The number of hydroxylamine groups is 2. The summed E-state index contributed by atoms with van der Waals surface area (Å²) in [4.78, 5) is 35.6. The average molecular weight is 509 g/mol. The Morgan fingerprint density at radius 3 is 2.57 bits per heavy atom. The summed E-state index contributed by atoms with van der Waals surface area (Å²) in [7, 11) is 0. The zero-order valence-electron chi connectivity index (χ0n) is 21.9. The molecule has 9 nitrogen and oxygen atoms in total. The monoisotopic (exact) mass is 508 g/mol. The van der Waals surface area contributed by atoms with E-state index in [-0.39, 0.29) is 35.5 Å². The first-order chi connectivity index (χ1) is 17.7. The Kier molecular flexibility index (Phi) is 5.93. The molecule has 9 heteroatoms. The lowest BCUT2D eigenvalue weighted by molar-refractivity contribution is -0.153. The molecular formula is C28H36N4O5. The number of hydrogen-bond acceptors (Lipinski definition) is 6. The zero-order chi connectivity index (χ0) is 25.8. The van der Waals surface area contributed by atoms with Crippen LogP contribution in [0.15, 0.2) is 40.9 Å². The summed E-state index contributed by atoms with van der Waals surface area (Å²) >= 11 is 0. The highest BCUT2D eigenvalue weighted by molar-refractivity contribution is 5.77. The van der Waals surface area contributed by atoms with Crippen molar-refractivity contribution in [3.05, 3.63) is 53.4 Å². The van der Waals surface area contributed by atoms with Crippen molar-refractivity contribution < 1.29 is 23.7 Å². The minimum absolute atomic E-state index is 0.0788. The third-order valence-electron chi connectivity index (χ3n) is 8.31. The topological polar surface area (TPSA) is 88.4 Å². The third kappa shape index (κ3) is 4.69. The van der Waals surface area contributed by atoms with E-state index in [0.29, 0.717) is 26.2 Å². The van der Waals surface area contributed by atoms with Gasteiger partial charge >= 0.3 is 12.1 Å². The summed E-state index contributed by atoms with van der Waals surface area (Å²) in [6.07, 6.45) is 4.44. The van der Waals surface area contributed by atoms with E-state index in [4.69, 9.17) is 14.1 Å². The fourth-order valence-corrected chi connectivity index (χ4v) is 6.08. The number of piperidine rings is 2. The van der Waals surface area contributed by atoms with Gasteiger partial charge in [-0.05, 0) is 63.9 Å². The summed E-state index contributed by atoms with van der Waals surface area (Å²) < 4.78 is 11.3. The Balaban J connectivity index is 1.11. The minimum Gasteiger partial charge on any atom is -0.444 e. The molecule has 1 aromatic carbocycles. The van der Waals surface area contributed by atoms with E-state index in [2.05, 4.69) is 5.16 Å². The number of urea groups is 1. The molecule has 0 N–H and O–H groups in total. The normalized spacial score (nSPS) is 25.2. The number of likely N-dealkylation sites (tertiary alicyclic amines) is 1. The summed E-state index contributed by atoms with van der Waals surface area (Å²) in [6, 6.07) is 11.9. The standard InChI is InChI=1S/C28H36N4O5/c1-27(2,3)36-26(34)30-13-9-20(10-14-30)23-15-21(29-37-23)22-16-28(11-12-28)24-17-31(22)25(33)32(24)35-18-19-7-5-4-6-8-19/h4-8,15,20,22,24H,9-14,16-18H2,1-3H3/t22-,24-/m0/s1. The van der Waals surface area contributed by atoms with E-state index < -0.39 is 5.60 Å². The number of carbonyl (C=O) groups excluding carboxylic acids is 2. The van der Waals surface area contributed by atoms with E-state index in [1.807, 2.05) is 62.1 Å². The molecule has 0 radical (unpaired) electrons. The summed E-state index contributed by atoms with van der Waals surface area (Å²) in [5.41, 5.74) is 1.47. The molecule has 1 aliphatic carbocycles. The maximum Gasteiger partial charge on any atom is 0.410 e. The second-order valence-corrected chi connectivity index (χ2v) is 12.0. The van der Waals surface area contributed by atoms with Crippen molar-refractivity contribution in [1.82, 2.24) is 20.0 Å². The highest BCUT2D eigenvalue weighted by Gasteiger charge is 2.63. The van der Waals surface area contributed by atoms with Crippen LogP contribution < -0.4 is 0 Å². The van der Waals surface area contributed by atoms with Crippen LogP contribution in [0.4, 0.5) is 9.59 Å². The van der Waals surface area contributed by atoms with Gasteiger partial charge in [-0.15, -0.1) is 0 Å². The Hall–Kier alpha value is -3.07. The molecular weight excluding hydrogens is 472 g/mol. The van der Waals surface area contributed by atoms with Gasteiger partial charge in [0.2, 0.25) is 0 Å². The fraction of sp³-hybridized carbons (Fsp3) is 0.607. The second-order valence-electron chi connectivity index (χ2n) is 12.0. The van der Waals surface area contributed by atoms with Crippen molar-refractivity contribution in [2.75, 3.05) is 19.6 Å². The maximum absolute atomic E-state index is 13.4. The van der Waals surface area contributed by atoms with Gasteiger partial charge < -0.3 is 19.1 Å². The van der Waals surface area contributed by atoms with Crippen molar-refractivity contribution in [3.8, 4) is 0 Å². The van der Waals surface area contributed by atoms with Crippen LogP contribution in [0.1, 0.15) is 81.9 Å². The van der Waals surface area contributed by atoms with Gasteiger partial charge in [0.15, 0.2) is 0 Å². The van der Waals surface area contributed by atoms with Gasteiger partial charge in [-0.25, -0.2) is 9.59 Å². The molecule has 1 saturated carbocycles. The number of rotatable bonds is 5. The van der Waals surface area contributed by atoms with Crippen molar-refractivity contribution in [2.24, 2.45) is 5.41 Å². The lowest BCUT2D eigenvalue weighted by atomic mass is 9.84. The predicted octanol–water partition coefficient (Wildman–Crippen LogP) is 5.25. The number of carbonyl (C=O) groups is 2. The third-order valence-corrected chi connectivity index (χ3v) is 8.31. The molecule has 37 heavy (non-hydrogen) atoms. The van der Waals surface area contributed by atoms with Gasteiger partial charge in [0.05, 0.1) is 12.1 Å². The van der Waals surface area contributed by atoms with Crippen LogP contribution in [-0.2, 0) is 16.2 Å². The summed E-state index contributed by atoms with van der Waals surface area (Å²) in [5, 5.41) is 6.08.